The number of hydrogen-bond donors (Lipinski definition) is 1. The fraction of sp³-hybridized carbons (Fsp3) is 0.469. The third kappa shape index (κ3) is 8.43. The van der Waals surface area contributed by atoms with E-state index in [2.05, 4.69) is 20.4 Å². The van der Waals surface area contributed by atoms with Gasteiger partial charge in [-0.3, -0.25) is 0 Å². The number of rotatable bonds is 16. The quantitative estimate of drug-likeness (QED) is 0.201. The molecule has 2 aromatic carbocycles. The van der Waals surface area contributed by atoms with Crippen molar-refractivity contribution in [1.82, 2.24) is 0 Å². The number of methoxy groups -OCH3 is 2. The zero-order valence-corrected chi connectivity index (χ0v) is 23.7. The maximum atomic E-state index is 11.2. The third-order valence-electron chi connectivity index (χ3n) is 7.51. The van der Waals surface area contributed by atoms with E-state index >= 15 is 0 Å². The van der Waals surface area contributed by atoms with Gasteiger partial charge in [0.2, 0.25) is 0 Å². The summed E-state index contributed by atoms with van der Waals surface area (Å²) < 4.78 is 29.7. The Balaban J connectivity index is 1.65. The number of aliphatic carboxylic acids is 1. The van der Waals surface area contributed by atoms with Crippen molar-refractivity contribution in [3.05, 3.63) is 84.5 Å². The SMILES string of the molecule is C=CC[C@@](C)(OCc1ccc(OC)cc1)[C@H]1C[C@@H]([C@H](C)[C@H](OCc2ccc(OC)cc2)[C@@H](C)/C=C/C(=O)O)O1. The molecule has 0 spiro atoms. The number of hydrogen-bond acceptors (Lipinski definition) is 6. The largest absolute Gasteiger partial charge is 0.497 e. The lowest BCUT2D eigenvalue weighted by Crippen LogP contribution is -2.57. The smallest absolute Gasteiger partial charge is 0.327 e. The van der Waals surface area contributed by atoms with Gasteiger partial charge in [0.15, 0.2) is 0 Å². The van der Waals surface area contributed by atoms with E-state index < -0.39 is 11.6 Å². The van der Waals surface area contributed by atoms with E-state index in [0.29, 0.717) is 19.6 Å². The molecule has 0 saturated carbocycles. The lowest BCUT2D eigenvalue weighted by atomic mass is 9.79. The Morgan fingerprint density at radius 3 is 2.08 bits per heavy atom. The molecular formula is C32H42O7. The second-order valence-corrected chi connectivity index (χ2v) is 10.4. The molecule has 7 nitrogen and oxygen atoms in total. The Hall–Kier alpha value is -3.13. The first kappa shape index (κ1) is 30.4. The van der Waals surface area contributed by atoms with Crippen LogP contribution in [0.3, 0.4) is 0 Å². The van der Waals surface area contributed by atoms with Crippen LogP contribution >= 0.6 is 0 Å². The molecule has 0 unspecified atom stereocenters. The average Bonchev–Trinajstić information content (AvgIpc) is 2.90. The Kier molecular flexibility index (Phi) is 11.2. The van der Waals surface area contributed by atoms with Crippen molar-refractivity contribution in [3.63, 3.8) is 0 Å². The van der Waals surface area contributed by atoms with E-state index in [0.717, 1.165) is 29.0 Å². The summed E-state index contributed by atoms with van der Waals surface area (Å²) in [6.45, 7) is 10.9. The summed E-state index contributed by atoms with van der Waals surface area (Å²) in [5.41, 5.74) is 1.55. The van der Waals surface area contributed by atoms with Crippen LogP contribution in [0, 0.1) is 11.8 Å². The normalized spacial score (nSPS) is 20.8. The van der Waals surface area contributed by atoms with E-state index in [1.807, 2.05) is 61.5 Å². The summed E-state index contributed by atoms with van der Waals surface area (Å²) in [7, 11) is 3.28. The van der Waals surface area contributed by atoms with Gasteiger partial charge in [0, 0.05) is 24.3 Å². The van der Waals surface area contributed by atoms with Crippen molar-refractivity contribution in [1.29, 1.82) is 0 Å². The summed E-state index contributed by atoms with van der Waals surface area (Å²) in [5.74, 6) is 0.526. The van der Waals surface area contributed by atoms with Crippen LogP contribution in [0.2, 0.25) is 0 Å². The number of ether oxygens (including phenoxy) is 5. The monoisotopic (exact) mass is 538 g/mol. The maximum absolute atomic E-state index is 11.2. The molecule has 6 atom stereocenters. The van der Waals surface area contributed by atoms with Crippen LogP contribution in [0.5, 0.6) is 11.5 Å². The highest BCUT2D eigenvalue weighted by Crippen LogP contribution is 2.40. The molecule has 212 valence electrons. The molecule has 7 heteroatoms. The highest BCUT2D eigenvalue weighted by atomic mass is 16.6. The number of carbonyl (C=O) groups is 1. The first-order chi connectivity index (χ1) is 18.7. The Bertz CT molecular complexity index is 1070. The van der Waals surface area contributed by atoms with Crippen molar-refractivity contribution in [2.75, 3.05) is 14.2 Å². The van der Waals surface area contributed by atoms with E-state index in [-0.39, 0.29) is 30.1 Å². The van der Waals surface area contributed by atoms with Gasteiger partial charge < -0.3 is 28.8 Å². The third-order valence-corrected chi connectivity index (χ3v) is 7.51. The summed E-state index contributed by atoms with van der Waals surface area (Å²) in [6, 6.07) is 15.6. The summed E-state index contributed by atoms with van der Waals surface area (Å²) >= 11 is 0. The van der Waals surface area contributed by atoms with Crippen LogP contribution in [-0.2, 0) is 32.2 Å². The molecule has 1 saturated heterocycles. The highest BCUT2D eigenvalue weighted by molar-refractivity contribution is 5.79. The van der Waals surface area contributed by atoms with Gasteiger partial charge in [0.05, 0.1) is 51.3 Å². The van der Waals surface area contributed by atoms with Gasteiger partial charge in [-0.1, -0.05) is 50.3 Å². The molecule has 0 bridgehead atoms. The minimum absolute atomic E-state index is 0.0301. The highest BCUT2D eigenvalue weighted by Gasteiger charge is 2.48. The van der Waals surface area contributed by atoms with E-state index in [9.17, 15) is 4.79 Å². The van der Waals surface area contributed by atoms with Gasteiger partial charge in [-0.05, 0) is 48.7 Å². The van der Waals surface area contributed by atoms with Crippen LogP contribution in [0.15, 0.2) is 73.3 Å². The molecular weight excluding hydrogens is 496 g/mol. The van der Waals surface area contributed by atoms with Crippen LogP contribution < -0.4 is 9.47 Å². The molecule has 0 amide bonds. The first-order valence-electron chi connectivity index (χ1n) is 13.4. The topological polar surface area (TPSA) is 83.5 Å². The molecule has 0 radical (unpaired) electrons. The van der Waals surface area contributed by atoms with Crippen molar-refractivity contribution >= 4 is 5.97 Å². The Morgan fingerprint density at radius 1 is 1.05 bits per heavy atom. The summed E-state index contributed by atoms with van der Waals surface area (Å²) in [5, 5.41) is 9.15. The van der Waals surface area contributed by atoms with E-state index in [1.54, 1.807) is 20.3 Å². The number of benzene rings is 2. The summed E-state index contributed by atoms with van der Waals surface area (Å²) in [4.78, 5) is 11.2. The van der Waals surface area contributed by atoms with Crippen LogP contribution in [0.25, 0.3) is 0 Å². The van der Waals surface area contributed by atoms with Crippen molar-refractivity contribution in [3.8, 4) is 11.5 Å². The van der Waals surface area contributed by atoms with Gasteiger partial charge in [-0.2, -0.15) is 0 Å². The maximum Gasteiger partial charge on any atom is 0.327 e. The number of carboxylic acids is 1. The molecule has 1 aliphatic heterocycles. The Morgan fingerprint density at radius 2 is 1.59 bits per heavy atom. The molecule has 0 aliphatic carbocycles. The van der Waals surface area contributed by atoms with Gasteiger partial charge in [-0.15, -0.1) is 6.58 Å². The minimum Gasteiger partial charge on any atom is -0.497 e. The van der Waals surface area contributed by atoms with Crippen molar-refractivity contribution in [2.24, 2.45) is 11.8 Å². The van der Waals surface area contributed by atoms with E-state index in [4.69, 9.17) is 28.8 Å². The second kappa shape index (κ2) is 14.3. The van der Waals surface area contributed by atoms with Gasteiger partial charge in [0.1, 0.15) is 11.5 Å². The van der Waals surface area contributed by atoms with E-state index in [1.165, 1.54) is 6.08 Å². The summed E-state index contributed by atoms with van der Waals surface area (Å²) in [6.07, 6.45) is 5.84. The van der Waals surface area contributed by atoms with Crippen molar-refractivity contribution in [2.45, 2.75) is 70.7 Å². The molecule has 39 heavy (non-hydrogen) atoms. The zero-order chi connectivity index (χ0) is 28.4. The lowest BCUT2D eigenvalue weighted by Gasteiger charge is -2.50. The Labute approximate surface area is 232 Å². The molecule has 1 fully saturated rings. The van der Waals surface area contributed by atoms with Crippen molar-refractivity contribution < 1.29 is 33.6 Å². The average molecular weight is 539 g/mol. The second-order valence-electron chi connectivity index (χ2n) is 10.4. The molecule has 0 aromatic heterocycles. The van der Waals surface area contributed by atoms with Gasteiger partial charge >= 0.3 is 5.97 Å². The van der Waals surface area contributed by atoms with Crippen LogP contribution in [-0.4, -0.2) is 49.2 Å². The fourth-order valence-corrected chi connectivity index (χ4v) is 4.93. The van der Waals surface area contributed by atoms with Gasteiger partial charge in [-0.25, -0.2) is 4.79 Å². The lowest BCUT2D eigenvalue weighted by molar-refractivity contribution is -0.249. The predicted octanol–water partition coefficient (Wildman–Crippen LogP) is 6.21. The molecule has 1 heterocycles. The molecule has 2 aromatic rings. The van der Waals surface area contributed by atoms with Crippen LogP contribution in [0.1, 0.15) is 44.7 Å². The molecule has 1 N–H and O–H groups in total. The van der Waals surface area contributed by atoms with Gasteiger partial charge in [0.25, 0.3) is 0 Å². The minimum atomic E-state index is -0.974. The number of carboxylic acid groups (broad SMARTS) is 1. The zero-order valence-electron chi connectivity index (χ0n) is 23.7. The predicted molar refractivity (Wildman–Crippen MR) is 151 cm³/mol. The fourth-order valence-electron chi connectivity index (χ4n) is 4.93. The first-order valence-corrected chi connectivity index (χ1v) is 13.4. The molecule has 3 rings (SSSR count). The molecule has 1 aliphatic rings. The van der Waals surface area contributed by atoms with Crippen LogP contribution in [0.4, 0.5) is 0 Å². The standard InChI is InChI=1S/C32H42O7/c1-7-18-32(4,38-21-25-11-15-27(36-6)16-12-25)29-19-28(39-29)23(3)31(22(2)8-17-30(33)34)37-20-24-9-13-26(35-5)14-10-24/h7-17,22-23,28-29,31H,1,18-21H2,2-6H3,(H,33,34)/b17-8+/t22-,23-,28-,29+,31+,32+/m0/s1.